The first-order valence-corrected chi connectivity index (χ1v) is 9.61. The van der Waals surface area contributed by atoms with Crippen molar-refractivity contribution in [1.29, 1.82) is 0 Å². The third-order valence-electron chi connectivity index (χ3n) is 4.11. The highest BCUT2D eigenvalue weighted by atomic mass is 35.5. The fourth-order valence-corrected chi connectivity index (χ4v) is 3.12. The summed E-state index contributed by atoms with van der Waals surface area (Å²) in [5.41, 5.74) is 0.869. The molecule has 0 saturated heterocycles. The average Bonchev–Trinajstić information content (AvgIpc) is 2.66. The molecule has 0 heterocycles. The minimum atomic E-state index is -0.618. The van der Waals surface area contributed by atoms with Gasteiger partial charge in [-0.15, -0.1) is 0 Å². The highest BCUT2D eigenvalue weighted by Gasteiger charge is 2.19. The summed E-state index contributed by atoms with van der Waals surface area (Å²) in [4.78, 5) is 12.4. The Morgan fingerprint density at radius 3 is 2.41 bits per heavy atom. The van der Waals surface area contributed by atoms with E-state index < -0.39 is 11.7 Å². The van der Waals surface area contributed by atoms with Gasteiger partial charge in [-0.3, -0.25) is 5.32 Å². The van der Waals surface area contributed by atoms with Crippen molar-refractivity contribution in [1.82, 2.24) is 0 Å². The fraction of sp³-hybridized carbons (Fsp3) is 0.261. The highest BCUT2D eigenvalue weighted by molar-refractivity contribution is 6.37. The Morgan fingerprint density at radius 1 is 1.03 bits per heavy atom. The third kappa shape index (κ3) is 5.33. The summed E-state index contributed by atoms with van der Waals surface area (Å²) in [6.07, 6.45) is -0.569. The first kappa shape index (κ1) is 20.8. The summed E-state index contributed by atoms with van der Waals surface area (Å²) in [6, 6.07) is 17.1. The standard InChI is InChI=1S/C23H24ClNO4/c1-23(2,3)29-22(26)25-18-13-17-16(10-11-19(27-4)21(17)24)12-20(18)28-14-15-8-6-5-7-9-15/h5-13H,14H2,1-4H3,(H,25,26). The Morgan fingerprint density at radius 2 is 1.76 bits per heavy atom. The lowest BCUT2D eigenvalue weighted by Crippen LogP contribution is -2.27. The van der Waals surface area contributed by atoms with Crippen LogP contribution in [0.1, 0.15) is 26.3 Å². The van der Waals surface area contributed by atoms with E-state index in [0.29, 0.717) is 28.8 Å². The molecule has 0 saturated carbocycles. The van der Waals surface area contributed by atoms with Crippen LogP contribution in [0, 0.1) is 0 Å². The van der Waals surface area contributed by atoms with Crippen molar-refractivity contribution in [3.8, 4) is 11.5 Å². The number of fused-ring (bicyclic) bond motifs is 1. The second kappa shape index (κ2) is 8.62. The number of hydrogen-bond acceptors (Lipinski definition) is 4. The van der Waals surface area contributed by atoms with Gasteiger partial charge in [0.2, 0.25) is 0 Å². The van der Waals surface area contributed by atoms with E-state index in [2.05, 4.69) is 5.32 Å². The Balaban J connectivity index is 1.98. The second-order valence-electron chi connectivity index (χ2n) is 7.55. The highest BCUT2D eigenvalue weighted by Crippen LogP contribution is 2.38. The van der Waals surface area contributed by atoms with E-state index in [9.17, 15) is 4.79 Å². The van der Waals surface area contributed by atoms with E-state index in [1.165, 1.54) is 0 Å². The van der Waals surface area contributed by atoms with Crippen LogP contribution in [0.3, 0.4) is 0 Å². The van der Waals surface area contributed by atoms with Crippen LogP contribution in [-0.2, 0) is 11.3 Å². The molecule has 0 fully saturated rings. The van der Waals surface area contributed by atoms with Crippen LogP contribution in [0.15, 0.2) is 54.6 Å². The molecule has 0 unspecified atom stereocenters. The summed E-state index contributed by atoms with van der Waals surface area (Å²) in [7, 11) is 1.56. The van der Waals surface area contributed by atoms with Gasteiger partial charge in [0.1, 0.15) is 23.7 Å². The van der Waals surface area contributed by atoms with Gasteiger partial charge in [0, 0.05) is 5.39 Å². The summed E-state index contributed by atoms with van der Waals surface area (Å²) >= 11 is 6.47. The lowest BCUT2D eigenvalue weighted by atomic mass is 10.1. The zero-order valence-corrected chi connectivity index (χ0v) is 17.7. The number of nitrogens with one attached hydrogen (secondary N) is 1. The van der Waals surface area contributed by atoms with Crippen molar-refractivity contribution >= 4 is 34.2 Å². The van der Waals surface area contributed by atoms with Gasteiger partial charge < -0.3 is 14.2 Å². The van der Waals surface area contributed by atoms with Crippen molar-refractivity contribution < 1.29 is 19.0 Å². The normalized spacial score (nSPS) is 11.2. The summed E-state index contributed by atoms with van der Waals surface area (Å²) in [5.74, 6) is 1.08. The number of hydrogen-bond donors (Lipinski definition) is 1. The van der Waals surface area contributed by atoms with Crippen LogP contribution in [0.4, 0.5) is 10.5 Å². The molecular formula is C23H24ClNO4. The van der Waals surface area contributed by atoms with Gasteiger partial charge in [0.25, 0.3) is 0 Å². The molecule has 0 radical (unpaired) electrons. The molecular weight excluding hydrogens is 390 g/mol. The van der Waals surface area contributed by atoms with E-state index in [1.807, 2.05) is 63.2 Å². The molecule has 5 nitrogen and oxygen atoms in total. The largest absolute Gasteiger partial charge is 0.495 e. The minimum absolute atomic E-state index is 0.360. The van der Waals surface area contributed by atoms with E-state index in [4.69, 9.17) is 25.8 Å². The van der Waals surface area contributed by atoms with Gasteiger partial charge in [-0.25, -0.2) is 4.79 Å². The molecule has 0 spiro atoms. The Kier molecular flexibility index (Phi) is 6.18. The predicted octanol–water partition coefficient (Wildman–Crippen LogP) is 6.43. The zero-order valence-electron chi connectivity index (χ0n) is 16.9. The maximum atomic E-state index is 12.4. The molecule has 1 amide bonds. The molecule has 3 aromatic rings. The number of benzene rings is 3. The molecule has 6 heteroatoms. The summed E-state index contributed by atoms with van der Waals surface area (Å²) in [5, 5.41) is 4.85. The lowest BCUT2D eigenvalue weighted by molar-refractivity contribution is 0.0635. The molecule has 29 heavy (non-hydrogen) atoms. The van der Waals surface area contributed by atoms with Gasteiger partial charge in [-0.05, 0) is 49.9 Å². The van der Waals surface area contributed by atoms with Gasteiger partial charge in [0.15, 0.2) is 0 Å². The lowest BCUT2D eigenvalue weighted by Gasteiger charge is -2.21. The van der Waals surface area contributed by atoms with Crippen molar-refractivity contribution in [2.45, 2.75) is 33.0 Å². The fourth-order valence-electron chi connectivity index (χ4n) is 2.82. The molecule has 0 aromatic heterocycles. The Hall–Kier alpha value is -2.92. The van der Waals surface area contributed by atoms with Crippen molar-refractivity contribution in [3.63, 3.8) is 0 Å². The van der Waals surface area contributed by atoms with Gasteiger partial charge in [-0.2, -0.15) is 0 Å². The van der Waals surface area contributed by atoms with E-state index in [-0.39, 0.29) is 0 Å². The Labute approximate surface area is 175 Å². The molecule has 3 rings (SSSR count). The molecule has 0 bridgehead atoms. The number of carbonyl (C=O) groups is 1. The van der Waals surface area contributed by atoms with Crippen molar-refractivity contribution in [2.24, 2.45) is 0 Å². The van der Waals surface area contributed by atoms with Gasteiger partial charge >= 0.3 is 6.09 Å². The van der Waals surface area contributed by atoms with E-state index >= 15 is 0 Å². The number of anilines is 1. The molecule has 3 aromatic carbocycles. The van der Waals surface area contributed by atoms with E-state index in [1.54, 1.807) is 19.2 Å². The smallest absolute Gasteiger partial charge is 0.412 e. The number of carbonyl (C=O) groups excluding carboxylic acids is 1. The van der Waals surface area contributed by atoms with Gasteiger partial charge in [-0.1, -0.05) is 48.0 Å². The average molecular weight is 414 g/mol. The first-order chi connectivity index (χ1) is 13.8. The molecule has 1 N–H and O–H groups in total. The second-order valence-corrected chi connectivity index (χ2v) is 7.93. The number of ether oxygens (including phenoxy) is 3. The molecule has 152 valence electrons. The molecule has 0 atom stereocenters. The minimum Gasteiger partial charge on any atom is -0.495 e. The van der Waals surface area contributed by atoms with Crippen LogP contribution in [-0.4, -0.2) is 18.8 Å². The van der Waals surface area contributed by atoms with Crippen LogP contribution in [0.25, 0.3) is 10.8 Å². The van der Waals surface area contributed by atoms with Crippen LogP contribution in [0.2, 0.25) is 5.02 Å². The predicted molar refractivity (Wildman–Crippen MR) is 116 cm³/mol. The number of rotatable bonds is 5. The Bertz CT molecular complexity index is 1010. The first-order valence-electron chi connectivity index (χ1n) is 9.24. The van der Waals surface area contributed by atoms with Crippen LogP contribution >= 0.6 is 11.6 Å². The monoisotopic (exact) mass is 413 g/mol. The summed E-state index contributed by atoms with van der Waals surface area (Å²) in [6.45, 7) is 5.78. The summed E-state index contributed by atoms with van der Waals surface area (Å²) < 4.78 is 16.7. The number of halogens is 1. The number of amides is 1. The van der Waals surface area contributed by atoms with Crippen molar-refractivity contribution in [3.05, 3.63) is 65.2 Å². The van der Waals surface area contributed by atoms with Crippen LogP contribution in [0.5, 0.6) is 11.5 Å². The third-order valence-corrected chi connectivity index (χ3v) is 4.50. The van der Waals surface area contributed by atoms with Crippen LogP contribution < -0.4 is 14.8 Å². The maximum Gasteiger partial charge on any atom is 0.412 e. The number of methoxy groups -OCH3 is 1. The van der Waals surface area contributed by atoms with Gasteiger partial charge in [0.05, 0.1) is 17.8 Å². The maximum absolute atomic E-state index is 12.4. The SMILES string of the molecule is COc1ccc2cc(OCc3ccccc3)c(NC(=O)OC(C)(C)C)cc2c1Cl. The quantitative estimate of drug-likeness (QED) is 0.523. The topological polar surface area (TPSA) is 56.8 Å². The molecule has 0 aliphatic heterocycles. The zero-order chi connectivity index (χ0) is 21.0. The van der Waals surface area contributed by atoms with E-state index in [0.717, 1.165) is 16.3 Å². The van der Waals surface area contributed by atoms with Crippen molar-refractivity contribution in [2.75, 3.05) is 12.4 Å². The molecule has 0 aliphatic carbocycles. The molecule has 0 aliphatic rings.